The Hall–Kier alpha value is -1.46. The monoisotopic (exact) mass is 269 g/mol. The van der Waals surface area contributed by atoms with E-state index in [0.717, 1.165) is 5.56 Å². The number of hydrogen-bond donors (Lipinski definition) is 1. The minimum Gasteiger partial charge on any atom is -0.434 e. The number of thiophene rings is 1. The Morgan fingerprint density at radius 3 is 2.67 bits per heavy atom. The third kappa shape index (κ3) is 3.27. The van der Waals surface area contributed by atoms with Crippen LogP contribution in [0, 0.1) is 0 Å². The molecule has 1 unspecified atom stereocenters. The van der Waals surface area contributed by atoms with Crippen molar-refractivity contribution in [3.63, 3.8) is 0 Å². The zero-order chi connectivity index (χ0) is 13.0. The lowest BCUT2D eigenvalue weighted by atomic mass is 10.0. The van der Waals surface area contributed by atoms with Crippen LogP contribution in [-0.2, 0) is 6.42 Å². The molecular weight excluding hydrogens is 256 g/mol. The van der Waals surface area contributed by atoms with Crippen molar-refractivity contribution in [2.24, 2.45) is 5.73 Å². The number of benzene rings is 1. The molecule has 0 aliphatic rings. The fourth-order valence-corrected chi connectivity index (χ4v) is 2.44. The first-order valence-electron chi connectivity index (χ1n) is 5.47. The molecule has 0 saturated carbocycles. The van der Waals surface area contributed by atoms with Gasteiger partial charge >= 0.3 is 6.61 Å². The number of halogens is 2. The maximum absolute atomic E-state index is 12.3. The summed E-state index contributed by atoms with van der Waals surface area (Å²) in [6.07, 6.45) is 0.604. The molecule has 0 fully saturated rings. The van der Waals surface area contributed by atoms with Gasteiger partial charge in [0.2, 0.25) is 0 Å². The molecule has 0 radical (unpaired) electrons. The standard InChI is InChI=1S/C13H13F2NOS/c14-13(15)17-12-4-2-1-3-10(12)11(16)7-9-5-6-18-8-9/h1-6,8,11,13H,7,16H2. The third-order valence-corrected chi connectivity index (χ3v) is 3.30. The van der Waals surface area contributed by atoms with Crippen LogP contribution >= 0.6 is 11.3 Å². The molecule has 1 heterocycles. The van der Waals surface area contributed by atoms with Crippen molar-refractivity contribution < 1.29 is 13.5 Å². The van der Waals surface area contributed by atoms with Gasteiger partial charge in [0, 0.05) is 11.6 Å². The summed E-state index contributed by atoms with van der Waals surface area (Å²) in [6.45, 7) is -2.83. The van der Waals surface area contributed by atoms with Gasteiger partial charge in [-0.05, 0) is 34.9 Å². The molecule has 0 spiro atoms. The van der Waals surface area contributed by atoms with Crippen molar-refractivity contribution in [1.29, 1.82) is 0 Å². The number of rotatable bonds is 5. The van der Waals surface area contributed by atoms with E-state index in [-0.39, 0.29) is 11.8 Å². The molecular formula is C13H13F2NOS. The summed E-state index contributed by atoms with van der Waals surface area (Å²) in [7, 11) is 0. The summed E-state index contributed by atoms with van der Waals surface area (Å²) < 4.78 is 29.0. The van der Waals surface area contributed by atoms with E-state index in [1.807, 2.05) is 16.8 Å². The lowest BCUT2D eigenvalue weighted by Crippen LogP contribution is -2.15. The van der Waals surface area contributed by atoms with E-state index in [1.54, 1.807) is 29.5 Å². The Balaban J connectivity index is 2.16. The highest BCUT2D eigenvalue weighted by Gasteiger charge is 2.15. The van der Waals surface area contributed by atoms with Gasteiger partial charge in [0.1, 0.15) is 5.75 Å². The Morgan fingerprint density at radius 1 is 1.22 bits per heavy atom. The summed E-state index contributed by atoms with van der Waals surface area (Å²) in [4.78, 5) is 0. The van der Waals surface area contributed by atoms with E-state index in [0.29, 0.717) is 12.0 Å². The van der Waals surface area contributed by atoms with Gasteiger partial charge in [-0.15, -0.1) is 0 Å². The number of hydrogen-bond acceptors (Lipinski definition) is 3. The summed E-state index contributed by atoms with van der Waals surface area (Å²) in [6, 6.07) is 8.26. The Morgan fingerprint density at radius 2 is 2.00 bits per heavy atom. The number of ether oxygens (including phenoxy) is 1. The zero-order valence-corrected chi connectivity index (χ0v) is 10.4. The van der Waals surface area contributed by atoms with Crippen molar-refractivity contribution in [3.8, 4) is 5.75 Å². The maximum atomic E-state index is 12.3. The van der Waals surface area contributed by atoms with Crippen LogP contribution in [0.15, 0.2) is 41.1 Å². The summed E-state index contributed by atoms with van der Waals surface area (Å²) in [5, 5.41) is 3.96. The Labute approximate surface area is 108 Å². The third-order valence-electron chi connectivity index (χ3n) is 2.57. The lowest BCUT2D eigenvalue weighted by molar-refractivity contribution is -0.0506. The van der Waals surface area contributed by atoms with Crippen LogP contribution < -0.4 is 10.5 Å². The van der Waals surface area contributed by atoms with Gasteiger partial charge < -0.3 is 10.5 Å². The van der Waals surface area contributed by atoms with Gasteiger partial charge in [0.05, 0.1) is 0 Å². The molecule has 1 atom stereocenters. The van der Waals surface area contributed by atoms with Crippen molar-refractivity contribution in [3.05, 3.63) is 52.2 Å². The van der Waals surface area contributed by atoms with Crippen LogP contribution in [0.25, 0.3) is 0 Å². The molecule has 2 nitrogen and oxygen atoms in total. The van der Waals surface area contributed by atoms with Gasteiger partial charge in [-0.1, -0.05) is 18.2 Å². The second kappa shape index (κ2) is 5.93. The fraction of sp³-hybridized carbons (Fsp3) is 0.231. The highest BCUT2D eigenvalue weighted by atomic mass is 32.1. The average molecular weight is 269 g/mol. The zero-order valence-electron chi connectivity index (χ0n) is 9.55. The highest BCUT2D eigenvalue weighted by Crippen LogP contribution is 2.27. The molecule has 5 heteroatoms. The summed E-state index contributed by atoms with van der Waals surface area (Å²) >= 11 is 1.58. The van der Waals surface area contributed by atoms with Crippen molar-refractivity contribution >= 4 is 11.3 Å². The minimum atomic E-state index is -2.83. The second-order valence-corrected chi connectivity index (χ2v) is 4.64. The van der Waals surface area contributed by atoms with Gasteiger partial charge in [-0.3, -0.25) is 0 Å². The van der Waals surface area contributed by atoms with Crippen molar-refractivity contribution in [1.82, 2.24) is 0 Å². The van der Waals surface area contributed by atoms with E-state index < -0.39 is 6.61 Å². The van der Waals surface area contributed by atoms with E-state index in [4.69, 9.17) is 5.73 Å². The largest absolute Gasteiger partial charge is 0.434 e. The Bertz CT molecular complexity index is 487. The van der Waals surface area contributed by atoms with Crippen molar-refractivity contribution in [2.45, 2.75) is 19.1 Å². The maximum Gasteiger partial charge on any atom is 0.387 e. The molecule has 2 N–H and O–H groups in total. The molecule has 0 bridgehead atoms. The Kier molecular flexibility index (Phi) is 4.28. The minimum absolute atomic E-state index is 0.148. The van der Waals surface area contributed by atoms with Gasteiger partial charge in [-0.2, -0.15) is 20.1 Å². The van der Waals surface area contributed by atoms with Crippen molar-refractivity contribution in [2.75, 3.05) is 0 Å². The topological polar surface area (TPSA) is 35.2 Å². The first kappa shape index (κ1) is 13.0. The number of alkyl halides is 2. The molecule has 0 aliphatic heterocycles. The van der Waals surface area contributed by atoms with Gasteiger partial charge in [0.15, 0.2) is 0 Å². The SMILES string of the molecule is NC(Cc1ccsc1)c1ccccc1OC(F)F. The van der Waals surface area contributed by atoms with E-state index in [1.165, 1.54) is 6.07 Å². The summed E-state index contributed by atoms with van der Waals surface area (Å²) in [5.41, 5.74) is 7.74. The molecule has 1 aromatic carbocycles. The number of para-hydroxylation sites is 1. The first-order valence-corrected chi connectivity index (χ1v) is 6.41. The molecule has 18 heavy (non-hydrogen) atoms. The van der Waals surface area contributed by atoms with E-state index in [2.05, 4.69) is 4.74 Å². The summed E-state index contributed by atoms with van der Waals surface area (Å²) in [5.74, 6) is 0.148. The lowest BCUT2D eigenvalue weighted by Gasteiger charge is -2.16. The highest BCUT2D eigenvalue weighted by molar-refractivity contribution is 7.07. The van der Waals surface area contributed by atoms with Crippen LogP contribution in [-0.4, -0.2) is 6.61 Å². The fourth-order valence-electron chi connectivity index (χ4n) is 1.76. The molecule has 0 saturated heterocycles. The van der Waals surface area contributed by atoms with Gasteiger partial charge in [0.25, 0.3) is 0 Å². The van der Waals surface area contributed by atoms with Crippen LogP contribution in [0.3, 0.4) is 0 Å². The van der Waals surface area contributed by atoms with Crippen LogP contribution in [0.1, 0.15) is 17.2 Å². The first-order chi connectivity index (χ1) is 8.66. The molecule has 2 rings (SSSR count). The molecule has 1 aromatic heterocycles. The molecule has 2 aromatic rings. The van der Waals surface area contributed by atoms with Crippen LogP contribution in [0.4, 0.5) is 8.78 Å². The number of nitrogens with two attached hydrogens (primary N) is 1. The molecule has 96 valence electrons. The average Bonchev–Trinajstić information content (AvgIpc) is 2.81. The quantitative estimate of drug-likeness (QED) is 0.900. The van der Waals surface area contributed by atoms with E-state index >= 15 is 0 Å². The van der Waals surface area contributed by atoms with Crippen LogP contribution in [0.2, 0.25) is 0 Å². The van der Waals surface area contributed by atoms with Crippen LogP contribution in [0.5, 0.6) is 5.75 Å². The normalized spacial score (nSPS) is 12.7. The predicted octanol–water partition coefficient (Wildman–Crippen LogP) is 3.59. The molecule has 0 amide bonds. The smallest absolute Gasteiger partial charge is 0.387 e. The van der Waals surface area contributed by atoms with E-state index in [9.17, 15) is 8.78 Å². The molecule has 0 aliphatic carbocycles. The predicted molar refractivity (Wildman–Crippen MR) is 68.0 cm³/mol. The van der Waals surface area contributed by atoms with Gasteiger partial charge in [-0.25, -0.2) is 0 Å². The second-order valence-electron chi connectivity index (χ2n) is 3.86.